The molecule has 3 rings (SSSR count). The third kappa shape index (κ3) is 5.53. The maximum absolute atomic E-state index is 12.6. The Balaban J connectivity index is 1.70. The lowest BCUT2D eigenvalue weighted by Crippen LogP contribution is -2.39. The van der Waals surface area contributed by atoms with Gasteiger partial charge in [-0.05, 0) is 41.5 Å². The molecule has 0 heterocycles. The van der Waals surface area contributed by atoms with E-state index >= 15 is 0 Å². The third-order valence-electron chi connectivity index (χ3n) is 4.47. The number of carbonyl (C=O) groups is 2. The van der Waals surface area contributed by atoms with Crippen LogP contribution in [0.15, 0.2) is 72.8 Å². The van der Waals surface area contributed by atoms with Gasteiger partial charge in [-0.3, -0.25) is 9.59 Å². The Hall–Kier alpha value is -3.02. The monoisotopic (exact) mass is 442 g/mol. The number of methoxy groups -OCH3 is 1. The summed E-state index contributed by atoms with van der Waals surface area (Å²) in [5, 5.41) is 6.21. The van der Waals surface area contributed by atoms with E-state index in [1.165, 1.54) is 12.1 Å². The molecule has 0 bridgehead atoms. The number of amides is 2. The van der Waals surface area contributed by atoms with Gasteiger partial charge in [0, 0.05) is 5.02 Å². The lowest BCUT2D eigenvalue weighted by atomic mass is 9.98. The van der Waals surface area contributed by atoms with Crippen molar-refractivity contribution in [3.63, 3.8) is 0 Å². The van der Waals surface area contributed by atoms with E-state index in [1.807, 2.05) is 54.6 Å². The zero-order valence-electron chi connectivity index (χ0n) is 16.2. The number of benzene rings is 3. The lowest BCUT2D eigenvalue weighted by molar-refractivity contribution is -0.120. The van der Waals surface area contributed by atoms with Gasteiger partial charge >= 0.3 is 0 Å². The molecule has 0 saturated heterocycles. The average Bonchev–Trinajstić information content (AvgIpc) is 2.76. The van der Waals surface area contributed by atoms with Crippen molar-refractivity contribution in [2.24, 2.45) is 0 Å². The van der Waals surface area contributed by atoms with Gasteiger partial charge in [-0.1, -0.05) is 65.7 Å². The SMILES string of the molecule is COc1ccc(C(NC(=O)CNC(=O)c2ccc(Cl)cc2Cl)c2ccccc2)cc1. The minimum Gasteiger partial charge on any atom is -0.497 e. The first-order valence-corrected chi connectivity index (χ1v) is 9.95. The predicted molar refractivity (Wildman–Crippen MR) is 118 cm³/mol. The Bertz CT molecular complexity index is 1020. The second kappa shape index (κ2) is 10.1. The van der Waals surface area contributed by atoms with Gasteiger partial charge in [-0.15, -0.1) is 0 Å². The number of nitrogens with one attached hydrogen (secondary N) is 2. The maximum Gasteiger partial charge on any atom is 0.253 e. The van der Waals surface area contributed by atoms with Crippen LogP contribution in [-0.4, -0.2) is 25.5 Å². The Morgan fingerprint density at radius 2 is 1.60 bits per heavy atom. The molecule has 0 fully saturated rings. The quantitative estimate of drug-likeness (QED) is 0.559. The standard InChI is InChI=1S/C23H20Cl2N2O3/c1-30-18-10-7-16(8-11-18)22(15-5-3-2-4-6-15)27-21(28)14-26-23(29)19-12-9-17(24)13-20(19)25/h2-13,22H,14H2,1H3,(H,26,29)(H,27,28). The topological polar surface area (TPSA) is 67.4 Å². The molecule has 30 heavy (non-hydrogen) atoms. The molecule has 2 N–H and O–H groups in total. The summed E-state index contributed by atoms with van der Waals surface area (Å²) in [4.78, 5) is 24.9. The minimum absolute atomic E-state index is 0.197. The van der Waals surface area contributed by atoms with Crippen molar-refractivity contribution in [1.82, 2.24) is 10.6 Å². The summed E-state index contributed by atoms with van der Waals surface area (Å²) < 4.78 is 5.21. The van der Waals surface area contributed by atoms with E-state index in [-0.39, 0.29) is 29.1 Å². The van der Waals surface area contributed by atoms with Gasteiger partial charge in [-0.25, -0.2) is 0 Å². The molecule has 2 amide bonds. The minimum atomic E-state index is -0.451. The summed E-state index contributed by atoms with van der Waals surface area (Å²) in [6.07, 6.45) is 0. The number of hydrogen-bond acceptors (Lipinski definition) is 3. The van der Waals surface area contributed by atoms with Gasteiger partial charge in [0.1, 0.15) is 5.75 Å². The predicted octanol–water partition coefficient (Wildman–Crippen LogP) is 4.64. The van der Waals surface area contributed by atoms with E-state index in [0.717, 1.165) is 16.9 Å². The molecule has 0 aromatic heterocycles. The Morgan fingerprint density at radius 1 is 0.933 bits per heavy atom. The van der Waals surface area contributed by atoms with Crippen LogP contribution in [0.1, 0.15) is 27.5 Å². The van der Waals surface area contributed by atoms with Crippen molar-refractivity contribution in [3.8, 4) is 5.75 Å². The normalized spacial score (nSPS) is 11.4. The van der Waals surface area contributed by atoms with Gasteiger partial charge in [0.2, 0.25) is 5.91 Å². The van der Waals surface area contributed by atoms with Gasteiger partial charge in [0.15, 0.2) is 0 Å². The van der Waals surface area contributed by atoms with E-state index in [0.29, 0.717) is 5.02 Å². The fourth-order valence-corrected chi connectivity index (χ4v) is 3.44. The molecular weight excluding hydrogens is 423 g/mol. The average molecular weight is 443 g/mol. The summed E-state index contributed by atoms with van der Waals surface area (Å²) in [5.74, 6) is -0.0605. The zero-order chi connectivity index (χ0) is 21.5. The van der Waals surface area contributed by atoms with Gasteiger partial charge < -0.3 is 15.4 Å². The molecule has 0 aliphatic heterocycles. The van der Waals surface area contributed by atoms with E-state index in [2.05, 4.69) is 10.6 Å². The molecule has 7 heteroatoms. The van der Waals surface area contributed by atoms with Crippen molar-refractivity contribution in [1.29, 1.82) is 0 Å². The summed E-state index contributed by atoms with van der Waals surface area (Å²) in [6.45, 7) is -0.197. The van der Waals surface area contributed by atoms with Crippen LogP contribution >= 0.6 is 23.2 Å². The van der Waals surface area contributed by atoms with E-state index < -0.39 is 5.91 Å². The molecule has 0 aliphatic rings. The molecule has 3 aromatic carbocycles. The fraction of sp³-hybridized carbons (Fsp3) is 0.130. The molecule has 0 radical (unpaired) electrons. The molecule has 154 valence electrons. The Morgan fingerprint density at radius 3 is 2.23 bits per heavy atom. The summed E-state index contributed by atoms with van der Waals surface area (Å²) >= 11 is 11.9. The number of halogens is 2. The van der Waals surface area contributed by atoms with Crippen LogP contribution in [0, 0.1) is 0 Å². The molecule has 1 atom stereocenters. The molecule has 5 nitrogen and oxygen atoms in total. The van der Waals surface area contributed by atoms with Crippen LogP contribution in [0.25, 0.3) is 0 Å². The molecule has 1 unspecified atom stereocenters. The first kappa shape index (κ1) is 21.7. The van der Waals surface area contributed by atoms with Gasteiger partial charge in [-0.2, -0.15) is 0 Å². The lowest BCUT2D eigenvalue weighted by Gasteiger charge is -2.20. The second-order valence-electron chi connectivity index (χ2n) is 6.49. The van der Waals surface area contributed by atoms with Crippen molar-refractivity contribution in [3.05, 3.63) is 99.5 Å². The Labute approximate surface area is 185 Å². The number of carbonyl (C=O) groups excluding carboxylic acids is 2. The second-order valence-corrected chi connectivity index (χ2v) is 7.33. The third-order valence-corrected chi connectivity index (χ3v) is 5.02. The van der Waals surface area contributed by atoms with Crippen LogP contribution in [0.2, 0.25) is 10.0 Å². The first-order chi connectivity index (χ1) is 14.5. The van der Waals surface area contributed by atoms with E-state index in [9.17, 15) is 9.59 Å². The van der Waals surface area contributed by atoms with Crippen LogP contribution < -0.4 is 15.4 Å². The maximum atomic E-state index is 12.6. The Kier molecular flexibility index (Phi) is 7.33. The zero-order valence-corrected chi connectivity index (χ0v) is 17.7. The fourth-order valence-electron chi connectivity index (χ4n) is 2.94. The molecule has 0 saturated carbocycles. The summed E-state index contributed by atoms with van der Waals surface area (Å²) in [6, 6.07) is 21.2. The number of ether oxygens (including phenoxy) is 1. The smallest absolute Gasteiger partial charge is 0.253 e. The highest BCUT2D eigenvalue weighted by molar-refractivity contribution is 6.36. The largest absolute Gasteiger partial charge is 0.497 e. The van der Waals surface area contributed by atoms with Crippen molar-refractivity contribution < 1.29 is 14.3 Å². The van der Waals surface area contributed by atoms with E-state index in [4.69, 9.17) is 27.9 Å². The van der Waals surface area contributed by atoms with Crippen LogP contribution in [0.3, 0.4) is 0 Å². The van der Waals surface area contributed by atoms with Crippen LogP contribution in [0.5, 0.6) is 5.75 Å². The summed E-state index contributed by atoms with van der Waals surface area (Å²) in [5.41, 5.74) is 2.06. The highest BCUT2D eigenvalue weighted by Crippen LogP contribution is 2.24. The molecular formula is C23H20Cl2N2O3. The summed E-state index contributed by atoms with van der Waals surface area (Å²) in [7, 11) is 1.60. The highest BCUT2D eigenvalue weighted by atomic mass is 35.5. The van der Waals surface area contributed by atoms with Crippen molar-refractivity contribution in [2.45, 2.75) is 6.04 Å². The van der Waals surface area contributed by atoms with Gasteiger partial charge in [0.25, 0.3) is 5.91 Å². The first-order valence-electron chi connectivity index (χ1n) is 9.19. The van der Waals surface area contributed by atoms with Crippen molar-refractivity contribution >= 4 is 35.0 Å². The van der Waals surface area contributed by atoms with Crippen molar-refractivity contribution in [2.75, 3.05) is 13.7 Å². The number of rotatable bonds is 7. The molecule has 0 spiro atoms. The van der Waals surface area contributed by atoms with Crippen LogP contribution in [-0.2, 0) is 4.79 Å². The molecule has 3 aromatic rings. The van der Waals surface area contributed by atoms with E-state index in [1.54, 1.807) is 13.2 Å². The number of hydrogen-bond donors (Lipinski definition) is 2. The van der Waals surface area contributed by atoms with Crippen LogP contribution in [0.4, 0.5) is 0 Å². The highest BCUT2D eigenvalue weighted by Gasteiger charge is 2.18. The molecule has 0 aliphatic carbocycles. The van der Waals surface area contributed by atoms with Gasteiger partial charge in [0.05, 0.1) is 30.3 Å².